The maximum absolute atomic E-state index is 14.2. The molecule has 1 heterocycles. The van der Waals surface area contributed by atoms with Crippen LogP contribution in [-0.2, 0) is 17.9 Å². The average Bonchev–Trinajstić information content (AvgIpc) is 3.02. The number of hydrogen-bond donors (Lipinski definition) is 1. The number of ether oxygens (including phenoxy) is 1. The zero-order valence-electron chi connectivity index (χ0n) is 14.1. The van der Waals surface area contributed by atoms with Gasteiger partial charge in [-0.3, -0.25) is 0 Å². The van der Waals surface area contributed by atoms with E-state index in [1.54, 1.807) is 0 Å². The van der Waals surface area contributed by atoms with E-state index in [2.05, 4.69) is 5.32 Å². The highest BCUT2D eigenvalue weighted by Crippen LogP contribution is 2.20. The number of rotatable bonds is 6. The van der Waals surface area contributed by atoms with Crippen LogP contribution in [0.4, 0.5) is 9.18 Å². The molecule has 3 rings (SSSR count). The molecule has 1 N–H and O–H groups in total. The molecule has 2 atom stereocenters. The third kappa shape index (κ3) is 5.03. The standard InChI is InChI=1S/C20H23FN2O2/c21-19-14-23(20(24)25-15-17-9-5-2-6-10-17)13-18(19)12-22-11-16-7-3-1-4-8-16/h1-10,18-19,22H,11-15H2/t18-,19+/m0/s1. The summed E-state index contributed by atoms with van der Waals surface area (Å²) < 4.78 is 19.5. The van der Waals surface area contributed by atoms with Gasteiger partial charge in [-0.15, -0.1) is 0 Å². The highest BCUT2D eigenvalue weighted by Gasteiger charge is 2.35. The monoisotopic (exact) mass is 342 g/mol. The Morgan fingerprint density at radius 3 is 2.36 bits per heavy atom. The number of nitrogens with zero attached hydrogens (tertiary/aromatic N) is 1. The number of nitrogens with one attached hydrogen (secondary N) is 1. The number of carbonyl (C=O) groups excluding carboxylic acids is 1. The van der Waals surface area contributed by atoms with Crippen LogP contribution in [0.5, 0.6) is 0 Å². The Morgan fingerprint density at radius 1 is 1.04 bits per heavy atom. The maximum Gasteiger partial charge on any atom is 0.410 e. The third-order valence-corrected chi connectivity index (χ3v) is 4.40. The summed E-state index contributed by atoms with van der Waals surface area (Å²) in [6.07, 6.45) is -1.47. The van der Waals surface area contributed by atoms with E-state index in [9.17, 15) is 9.18 Å². The summed E-state index contributed by atoms with van der Waals surface area (Å²) in [5, 5.41) is 3.27. The van der Waals surface area contributed by atoms with Crippen LogP contribution in [-0.4, -0.2) is 36.8 Å². The van der Waals surface area contributed by atoms with Gasteiger partial charge in [0, 0.05) is 25.6 Å². The first-order valence-electron chi connectivity index (χ1n) is 8.56. The van der Waals surface area contributed by atoms with Crippen molar-refractivity contribution >= 4 is 6.09 Å². The van der Waals surface area contributed by atoms with E-state index in [1.165, 1.54) is 4.90 Å². The molecule has 5 heteroatoms. The van der Waals surface area contributed by atoms with Gasteiger partial charge < -0.3 is 15.0 Å². The summed E-state index contributed by atoms with van der Waals surface area (Å²) >= 11 is 0. The van der Waals surface area contributed by atoms with Crippen molar-refractivity contribution in [2.45, 2.75) is 19.3 Å². The van der Waals surface area contributed by atoms with E-state index in [0.29, 0.717) is 19.6 Å². The number of carbonyl (C=O) groups is 1. The highest BCUT2D eigenvalue weighted by molar-refractivity contribution is 5.68. The molecule has 1 aliphatic rings. The summed E-state index contributed by atoms with van der Waals surface area (Å²) in [6.45, 7) is 1.94. The minimum atomic E-state index is -1.02. The molecule has 0 aliphatic carbocycles. The molecular weight excluding hydrogens is 319 g/mol. The van der Waals surface area contributed by atoms with Crippen molar-refractivity contribution in [3.05, 3.63) is 71.8 Å². The van der Waals surface area contributed by atoms with Crippen molar-refractivity contribution < 1.29 is 13.9 Å². The second-order valence-electron chi connectivity index (χ2n) is 6.34. The van der Waals surface area contributed by atoms with Crippen LogP contribution in [0.15, 0.2) is 60.7 Å². The molecule has 0 aromatic heterocycles. The third-order valence-electron chi connectivity index (χ3n) is 4.40. The zero-order valence-corrected chi connectivity index (χ0v) is 14.1. The van der Waals surface area contributed by atoms with Crippen LogP contribution < -0.4 is 5.32 Å². The Balaban J connectivity index is 1.42. The van der Waals surface area contributed by atoms with Gasteiger partial charge in [-0.1, -0.05) is 60.7 Å². The molecule has 132 valence electrons. The summed E-state index contributed by atoms with van der Waals surface area (Å²) in [5.41, 5.74) is 2.09. The first kappa shape index (κ1) is 17.4. The molecular formula is C20H23FN2O2. The lowest BCUT2D eigenvalue weighted by molar-refractivity contribution is 0.102. The van der Waals surface area contributed by atoms with E-state index < -0.39 is 12.3 Å². The first-order chi connectivity index (χ1) is 12.2. The van der Waals surface area contributed by atoms with E-state index in [0.717, 1.165) is 11.1 Å². The normalized spacial score (nSPS) is 19.8. The molecule has 0 saturated carbocycles. The van der Waals surface area contributed by atoms with E-state index in [-0.39, 0.29) is 19.1 Å². The molecule has 1 amide bonds. The zero-order chi connectivity index (χ0) is 17.5. The molecule has 4 nitrogen and oxygen atoms in total. The van der Waals surface area contributed by atoms with Crippen LogP contribution in [0.2, 0.25) is 0 Å². The van der Waals surface area contributed by atoms with Gasteiger partial charge in [0.25, 0.3) is 0 Å². The largest absolute Gasteiger partial charge is 0.445 e. The smallest absolute Gasteiger partial charge is 0.410 e. The van der Waals surface area contributed by atoms with Gasteiger partial charge >= 0.3 is 6.09 Å². The summed E-state index contributed by atoms with van der Waals surface area (Å²) in [6, 6.07) is 19.5. The predicted octanol–water partition coefficient (Wildman–Crippen LogP) is 3.38. The Hall–Kier alpha value is -2.40. The number of halogens is 1. The molecule has 2 aromatic rings. The van der Waals surface area contributed by atoms with Gasteiger partial charge in [0.1, 0.15) is 12.8 Å². The van der Waals surface area contributed by atoms with Crippen molar-refractivity contribution in [3.8, 4) is 0 Å². The van der Waals surface area contributed by atoms with E-state index in [1.807, 2.05) is 60.7 Å². The molecule has 1 aliphatic heterocycles. The van der Waals surface area contributed by atoms with Gasteiger partial charge in [-0.05, 0) is 11.1 Å². The molecule has 0 spiro atoms. The molecule has 0 unspecified atom stereocenters. The van der Waals surface area contributed by atoms with Crippen molar-refractivity contribution in [2.75, 3.05) is 19.6 Å². The van der Waals surface area contributed by atoms with Gasteiger partial charge in [0.15, 0.2) is 0 Å². The Kier molecular flexibility index (Phi) is 6.01. The summed E-state index contributed by atoms with van der Waals surface area (Å²) in [5.74, 6) is -0.201. The fourth-order valence-electron chi connectivity index (χ4n) is 2.98. The van der Waals surface area contributed by atoms with Crippen LogP contribution in [0.25, 0.3) is 0 Å². The average molecular weight is 342 g/mol. The van der Waals surface area contributed by atoms with Gasteiger partial charge in [-0.2, -0.15) is 0 Å². The van der Waals surface area contributed by atoms with Crippen molar-refractivity contribution in [1.82, 2.24) is 10.2 Å². The van der Waals surface area contributed by atoms with Crippen molar-refractivity contribution in [1.29, 1.82) is 0 Å². The molecule has 25 heavy (non-hydrogen) atoms. The van der Waals surface area contributed by atoms with Crippen molar-refractivity contribution in [3.63, 3.8) is 0 Å². The maximum atomic E-state index is 14.2. The SMILES string of the molecule is O=C(OCc1ccccc1)N1C[C@H](CNCc2ccccc2)[C@H](F)C1. The lowest BCUT2D eigenvalue weighted by Gasteiger charge is -2.16. The fourth-order valence-corrected chi connectivity index (χ4v) is 2.98. The minimum absolute atomic E-state index is 0.102. The van der Waals surface area contributed by atoms with Crippen LogP contribution >= 0.6 is 0 Å². The number of alkyl halides is 1. The summed E-state index contributed by atoms with van der Waals surface area (Å²) in [4.78, 5) is 13.6. The molecule has 1 fully saturated rings. The van der Waals surface area contributed by atoms with Crippen molar-refractivity contribution in [2.24, 2.45) is 5.92 Å². The highest BCUT2D eigenvalue weighted by atomic mass is 19.1. The van der Waals surface area contributed by atoms with Crippen LogP contribution in [0.1, 0.15) is 11.1 Å². The van der Waals surface area contributed by atoms with Crippen LogP contribution in [0.3, 0.4) is 0 Å². The van der Waals surface area contributed by atoms with Gasteiger partial charge in [0.05, 0.1) is 6.54 Å². The number of likely N-dealkylation sites (tertiary alicyclic amines) is 1. The van der Waals surface area contributed by atoms with Gasteiger partial charge in [0.2, 0.25) is 0 Å². The lowest BCUT2D eigenvalue weighted by atomic mass is 10.1. The Morgan fingerprint density at radius 2 is 1.68 bits per heavy atom. The predicted molar refractivity (Wildman–Crippen MR) is 94.7 cm³/mol. The minimum Gasteiger partial charge on any atom is -0.445 e. The Labute approximate surface area is 147 Å². The fraction of sp³-hybridized carbons (Fsp3) is 0.350. The first-order valence-corrected chi connectivity index (χ1v) is 8.56. The molecule has 2 aromatic carbocycles. The molecule has 0 bridgehead atoms. The van der Waals surface area contributed by atoms with E-state index in [4.69, 9.17) is 4.74 Å². The summed E-state index contributed by atoms with van der Waals surface area (Å²) in [7, 11) is 0. The quantitative estimate of drug-likeness (QED) is 0.875. The molecule has 0 radical (unpaired) electrons. The lowest BCUT2D eigenvalue weighted by Crippen LogP contribution is -2.31. The second-order valence-corrected chi connectivity index (χ2v) is 6.34. The number of hydrogen-bond acceptors (Lipinski definition) is 3. The van der Waals surface area contributed by atoms with Gasteiger partial charge in [-0.25, -0.2) is 9.18 Å². The van der Waals surface area contributed by atoms with Crippen LogP contribution in [0, 0.1) is 5.92 Å². The molecule has 1 saturated heterocycles. The van der Waals surface area contributed by atoms with E-state index >= 15 is 0 Å². The number of benzene rings is 2. The Bertz CT molecular complexity index is 666. The second kappa shape index (κ2) is 8.62. The topological polar surface area (TPSA) is 41.6 Å². The number of amides is 1.